The maximum atomic E-state index is 13.7. The van der Waals surface area contributed by atoms with Crippen molar-refractivity contribution in [3.05, 3.63) is 69.9 Å². The van der Waals surface area contributed by atoms with Crippen molar-refractivity contribution >= 4 is 21.8 Å². The van der Waals surface area contributed by atoms with Gasteiger partial charge >= 0.3 is 0 Å². The zero-order chi connectivity index (χ0) is 16.2. The molecule has 0 aliphatic carbocycles. The van der Waals surface area contributed by atoms with E-state index >= 15 is 0 Å². The minimum Gasteiger partial charge on any atom is -0.328 e. The molecule has 1 N–H and O–H groups in total. The SMILES string of the molecule is O=C(c1ccccc1F)N1CC[NH+](Cc2ccccc2Br)CC1. The Morgan fingerprint density at radius 1 is 1.09 bits per heavy atom. The Hall–Kier alpha value is -1.72. The van der Waals surface area contributed by atoms with Gasteiger partial charge in [-0.05, 0) is 18.2 Å². The molecule has 0 radical (unpaired) electrons. The molecular formula is C18H19BrFN2O+. The van der Waals surface area contributed by atoms with Crippen LogP contribution in [-0.4, -0.2) is 37.0 Å². The van der Waals surface area contributed by atoms with Gasteiger partial charge in [-0.2, -0.15) is 0 Å². The highest BCUT2D eigenvalue weighted by molar-refractivity contribution is 9.10. The number of nitrogens with one attached hydrogen (secondary N) is 1. The molecule has 1 amide bonds. The summed E-state index contributed by atoms with van der Waals surface area (Å²) in [5.41, 5.74) is 1.44. The lowest BCUT2D eigenvalue weighted by Crippen LogP contribution is -3.13. The van der Waals surface area contributed by atoms with Crippen molar-refractivity contribution in [2.45, 2.75) is 6.54 Å². The molecule has 1 heterocycles. The summed E-state index contributed by atoms with van der Waals surface area (Å²) in [4.78, 5) is 15.6. The average molecular weight is 378 g/mol. The quantitative estimate of drug-likeness (QED) is 0.870. The third-order valence-corrected chi connectivity index (χ3v) is 5.03. The third kappa shape index (κ3) is 3.79. The number of piperazine rings is 1. The fourth-order valence-electron chi connectivity index (χ4n) is 2.92. The van der Waals surface area contributed by atoms with Gasteiger partial charge in [0.05, 0.1) is 31.7 Å². The Bertz CT molecular complexity index is 699. The van der Waals surface area contributed by atoms with E-state index in [9.17, 15) is 9.18 Å². The van der Waals surface area contributed by atoms with Gasteiger partial charge in [-0.25, -0.2) is 4.39 Å². The summed E-state index contributed by atoms with van der Waals surface area (Å²) >= 11 is 3.58. The maximum Gasteiger partial charge on any atom is 0.257 e. The minimum absolute atomic E-state index is 0.168. The summed E-state index contributed by atoms with van der Waals surface area (Å²) in [6.07, 6.45) is 0. The van der Waals surface area contributed by atoms with E-state index in [0.29, 0.717) is 13.1 Å². The van der Waals surface area contributed by atoms with Crippen LogP contribution >= 0.6 is 15.9 Å². The lowest BCUT2D eigenvalue weighted by Gasteiger charge is -2.32. The zero-order valence-corrected chi connectivity index (χ0v) is 14.4. The summed E-state index contributed by atoms with van der Waals surface area (Å²) in [5.74, 6) is -0.650. The highest BCUT2D eigenvalue weighted by Gasteiger charge is 2.26. The molecule has 2 aromatic rings. The summed E-state index contributed by atoms with van der Waals surface area (Å²) in [6, 6.07) is 14.4. The van der Waals surface area contributed by atoms with E-state index < -0.39 is 5.82 Å². The second-order valence-electron chi connectivity index (χ2n) is 5.79. The normalized spacial score (nSPS) is 15.7. The monoisotopic (exact) mass is 377 g/mol. The van der Waals surface area contributed by atoms with Crippen LogP contribution in [-0.2, 0) is 6.54 Å². The smallest absolute Gasteiger partial charge is 0.257 e. The number of carbonyl (C=O) groups excluding carboxylic acids is 1. The number of quaternary nitrogens is 1. The van der Waals surface area contributed by atoms with E-state index in [1.807, 2.05) is 18.2 Å². The van der Waals surface area contributed by atoms with Crippen LogP contribution in [0.2, 0.25) is 0 Å². The second kappa shape index (κ2) is 7.23. The Morgan fingerprint density at radius 3 is 2.43 bits per heavy atom. The van der Waals surface area contributed by atoms with Crippen LogP contribution in [0.5, 0.6) is 0 Å². The van der Waals surface area contributed by atoms with Crippen molar-refractivity contribution < 1.29 is 14.1 Å². The molecule has 1 fully saturated rings. The summed E-state index contributed by atoms with van der Waals surface area (Å²) in [6.45, 7) is 4.01. The first-order valence-corrected chi connectivity index (χ1v) is 8.55. The number of nitrogens with zero attached hydrogens (tertiary/aromatic N) is 1. The lowest BCUT2D eigenvalue weighted by molar-refractivity contribution is -0.917. The van der Waals surface area contributed by atoms with Gasteiger partial charge in [-0.15, -0.1) is 0 Å². The topological polar surface area (TPSA) is 24.8 Å². The molecule has 1 aliphatic rings. The van der Waals surface area contributed by atoms with Crippen LogP contribution in [0.15, 0.2) is 53.0 Å². The fraction of sp³-hybridized carbons (Fsp3) is 0.278. The fourth-order valence-corrected chi connectivity index (χ4v) is 3.34. The molecular weight excluding hydrogens is 359 g/mol. The first-order chi connectivity index (χ1) is 11.1. The van der Waals surface area contributed by atoms with Crippen LogP contribution in [0, 0.1) is 5.82 Å². The molecule has 3 nitrogen and oxygen atoms in total. The van der Waals surface area contributed by atoms with E-state index in [-0.39, 0.29) is 11.5 Å². The molecule has 0 aromatic heterocycles. The van der Waals surface area contributed by atoms with Crippen molar-refractivity contribution in [2.24, 2.45) is 0 Å². The van der Waals surface area contributed by atoms with Crippen LogP contribution in [0.4, 0.5) is 4.39 Å². The van der Waals surface area contributed by atoms with Gasteiger partial charge in [-0.1, -0.05) is 46.3 Å². The average Bonchev–Trinajstić information content (AvgIpc) is 2.57. The van der Waals surface area contributed by atoms with Gasteiger partial charge in [0.1, 0.15) is 12.4 Å². The van der Waals surface area contributed by atoms with Gasteiger partial charge in [0.15, 0.2) is 0 Å². The van der Waals surface area contributed by atoms with Gasteiger partial charge in [0.25, 0.3) is 5.91 Å². The Labute approximate surface area is 143 Å². The van der Waals surface area contributed by atoms with Crippen molar-refractivity contribution in [3.63, 3.8) is 0 Å². The first-order valence-electron chi connectivity index (χ1n) is 7.76. The van der Waals surface area contributed by atoms with Crippen LogP contribution in [0.3, 0.4) is 0 Å². The predicted molar refractivity (Wildman–Crippen MR) is 90.8 cm³/mol. The van der Waals surface area contributed by atoms with E-state index in [0.717, 1.165) is 24.1 Å². The molecule has 0 spiro atoms. The molecule has 1 saturated heterocycles. The zero-order valence-electron chi connectivity index (χ0n) is 12.8. The molecule has 2 aromatic carbocycles. The third-order valence-electron chi connectivity index (χ3n) is 4.26. The summed E-state index contributed by atoms with van der Waals surface area (Å²) in [7, 11) is 0. The molecule has 120 valence electrons. The van der Waals surface area contributed by atoms with Crippen molar-refractivity contribution in [2.75, 3.05) is 26.2 Å². The minimum atomic E-state index is -0.444. The second-order valence-corrected chi connectivity index (χ2v) is 6.64. The molecule has 23 heavy (non-hydrogen) atoms. The number of amides is 1. The Kier molecular flexibility index (Phi) is 5.08. The van der Waals surface area contributed by atoms with Crippen molar-refractivity contribution in [3.8, 4) is 0 Å². The van der Waals surface area contributed by atoms with E-state index in [1.165, 1.54) is 16.5 Å². The first kappa shape index (κ1) is 16.1. The number of carbonyl (C=O) groups is 1. The number of benzene rings is 2. The highest BCUT2D eigenvalue weighted by atomic mass is 79.9. The number of halogens is 2. The van der Waals surface area contributed by atoms with Gasteiger partial charge in [0, 0.05) is 10.0 Å². The summed E-state index contributed by atoms with van der Waals surface area (Å²) < 4.78 is 14.9. The summed E-state index contributed by atoms with van der Waals surface area (Å²) in [5, 5.41) is 0. The lowest BCUT2D eigenvalue weighted by atomic mass is 10.1. The largest absolute Gasteiger partial charge is 0.328 e. The Balaban J connectivity index is 1.59. The van der Waals surface area contributed by atoms with E-state index in [1.54, 1.807) is 23.1 Å². The Morgan fingerprint density at radius 2 is 1.74 bits per heavy atom. The van der Waals surface area contributed by atoms with E-state index in [2.05, 4.69) is 22.0 Å². The van der Waals surface area contributed by atoms with Crippen LogP contribution in [0.25, 0.3) is 0 Å². The molecule has 0 bridgehead atoms. The molecule has 3 rings (SSSR count). The van der Waals surface area contributed by atoms with Gasteiger partial charge < -0.3 is 9.80 Å². The van der Waals surface area contributed by atoms with Crippen LogP contribution in [0.1, 0.15) is 15.9 Å². The van der Waals surface area contributed by atoms with E-state index in [4.69, 9.17) is 0 Å². The standard InChI is InChI=1S/C18H18BrFN2O/c19-16-7-3-1-5-14(16)13-21-9-11-22(12-10-21)18(23)15-6-2-4-8-17(15)20/h1-8H,9-13H2/p+1. The number of hydrogen-bond donors (Lipinski definition) is 1. The van der Waals surface area contributed by atoms with Gasteiger partial charge in [-0.3, -0.25) is 4.79 Å². The molecule has 0 unspecified atom stereocenters. The maximum absolute atomic E-state index is 13.7. The number of rotatable bonds is 3. The van der Waals surface area contributed by atoms with Crippen molar-refractivity contribution in [1.29, 1.82) is 0 Å². The van der Waals surface area contributed by atoms with Crippen molar-refractivity contribution in [1.82, 2.24) is 4.90 Å². The highest BCUT2D eigenvalue weighted by Crippen LogP contribution is 2.15. The van der Waals surface area contributed by atoms with Crippen LogP contribution < -0.4 is 4.90 Å². The molecule has 5 heteroatoms. The van der Waals surface area contributed by atoms with Gasteiger partial charge in [0.2, 0.25) is 0 Å². The molecule has 0 saturated carbocycles. The molecule has 0 atom stereocenters. The number of hydrogen-bond acceptors (Lipinski definition) is 1. The molecule has 1 aliphatic heterocycles. The predicted octanol–water partition coefficient (Wildman–Crippen LogP) is 2.13.